The minimum atomic E-state index is -1.15. The number of nitrogens with zero attached hydrogens (tertiary/aromatic N) is 1. The lowest BCUT2D eigenvalue weighted by Crippen LogP contribution is -2.54. The van der Waals surface area contributed by atoms with E-state index in [2.05, 4.69) is 5.32 Å². The Hall–Kier alpha value is -3.75. The van der Waals surface area contributed by atoms with Gasteiger partial charge in [-0.25, -0.2) is 4.79 Å². The van der Waals surface area contributed by atoms with E-state index in [1.165, 1.54) is 30.3 Å². The van der Waals surface area contributed by atoms with E-state index in [1.54, 1.807) is 30.3 Å². The Bertz CT molecular complexity index is 1280. The zero-order chi connectivity index (χ0) is 22.1. The van der Waals surface area contributed by atoms with Gasteiger partial charge in [0.1, 0.15) is 17.1 Å². The Balaban J connectivity index is 1.68. The van der Waals surface area contributed by atoms with Crippen molar-refractivity contribution >= 4 is 58.5 Å². The van der Waals surface area contributed by atoms with Crippen molar-refractivity contribution in [1.29, 1.82) is 0 Å². The van der Waals surface area contributed by atoms with Crippen molar-refractivity contribution in [2.75, 3.05) is 4.90 Å². The number of nitrogens with one attached hydrogen (secondary N) is 1. The zero-order valence-electron chi connectivity index (χ0n) is 15.7. The molecule has 0 atom stereocenters. The van der Waals surface area contributed by atoms with Crippen LogP contribution in [0.3, 0.4) is 0 Å². The molecule has 9 heteroatoms. The molecule has 2 amide bonds. The highest BCUT2D eigenvalue weighted by molar-refractivity contribution is 7.80. The highest BCUT2D eigenvalue weighted by Gasteiger charge is 2.35. The number of aromatic carboxylic acids is 1. The van der Waals surface area contributed by atoms with Gasteiger partial charge in [-0.2, -0.15) is 0 Å². The van der Waals surface area contributed by atoms with Gasteiger partial charge in [-0.1, -0.05) is 29.8 Å². The van der Waals surface area contributed by atoms with E-state index in [0.29, 0.717) is 10.8 Å². The van der Waals surface area contributed by atoms with E-state index in [0.717, 1.165) is 10.5 Å². The standard InChI is InChI=1S/C22H13ClN2O5S/c23-14-5-1-3-12(9-14)18-8-7-16(30-18)11-17-19(26)24-22(31)25(20(17)27)15-6-2-4-13(10-15)21(28)29/h1-11H,(H,28,29)(H,24,26,31). The van der Waals surface area contributed by atoms with Crippen LogP contribution in [0.4, 0.5) is 5.69 Å². The first kappa shape index (κ1) is 20.5. The summed E-state index contributed by atoms with van der Waals surface area (Å²) in [5.74, 6) is -1.74. The second-order valence-electron chi connectivity index (χ2n) is 6.53. The smallest absolute Gasteiger partial charge is 0.335 e. The minimum Gasteiger partial charge on any atom is -0.478 e. The Labute approximate surface area is 186 Å². The Morgan fingerprint density at radius 3 is 2.61 bits per heavy atom. The number of carboxylic acids is 1. The predicted molar refractivity (Wildman–Crippen MR) is 119 cm³/mol. The number of thiocarbonyl (C=S) groups is 1. The quantitative estimate of drug-likeness (QED) is 0.351. The molecule has 7 nitrogen and oxygen atoms in total. The van der Waals surface area contributed by atoms with E-state index < -0.39 is 17.8 Å². The molecule has 3 aromatic rings. The Morgan fingerprint density at radius 2 is 1.87 bits per heavy atom. The van der Waals surface area contributed by atoms with Gasteiger partial charge in [0.25, 0.3) is 11.8 Å². The molecule has 0 aliphatic carbocycles. The maximum absolute atomic E-state index is 13.1. The monoisotopic (exact) mass is 452 g/mol. The van der Waals surface area contributed by atoms with Gasteiger partial charge in [-0.15, -0.1) is 0 Å². The number of furan rings is 1. The summed E-state index contributed by atoms with van der Waals surface area (Å²) in [7, 11) is 0. The van der Waals surface area contributed by atoms with Crippen LogP contribution in [0.25, 0.3) is 17.4 Å². The molecule has 0 spiro atoms. The Kier molecular flexibility index (Phi) is 5.41. The van der Waals surface area contributed by atoms with Crippen LogP contribution >= 0.6 is 23.8 Å². The lowest BCUT2D eigenvalue weighted by molar-refractivity contribution is -0.122. The fraction of sp³-hybridized carbons (Fsp3) is 0. The number of halogens is 1. The van der Waals surface area contributed by atoms with Gasteiger partial charge < -0.3 is 9.52 Å². The van der Waals surface area contributed by atoms with Crippen LogP contribution in [0.1, 0.15) is 16.1 Å². The van der Waals surface area contributed by atoms with Crippen LogP contribution in [-0.4, -0.2) is 28.0 Å². The van der Waals surface area contributed by atoms with Crippen molar-refractivity contribution < 1.29 is 23.9 Å². The third-order valence-corrected chi connectivity index (χ3v) is 5.00. The van der Waals surface area contributed by atoms with Crippen LogP contribution in [0, 0.1) is 0 Å². The zero-order valence-corrected chi connectivity index (χ0v) is 17.2. The maximum Gasteiger partial charge on any atom is 0.335 e. The lowest BCUT2D eigenvalue weighted by Gasteiger charge is -2.28. The number of benzene rings is 2. The molecular weight excluding hydrogens is 440 g/mol. The van der Waals surface area contributed by atoms with Crippen molar-refractivity contribution in [1.82, 2.24) is 5.32 Å². The summed E-state index contributed by atoms with van der Waals surface area (Å²) in [6.45, 7) is 0. The maximum atomic E-state index is 13.1. The second kappa shape index (κ2) is 8.17. The molecule has 0 radical (unpaired) electrons. The number of hydrogen-bond acceptors (Lipinski definition) is 5. The van der Waals surface area contributed by atoms with Crippen molar-refractivity contribution in [2.24, 2.45) is 0 Å². The molecule has 0 unspecified atom stereocenters. The number of hydrogen-bond donors (Lipinski definition) is 2. The topological polar surface area (TPSA) is 99.9 Å². The first-order chi connectivity index (χ1) is 14.8. The fourth-order valence-electron chi connectivity index (χ4n) is 3.04. The first-order valence-corrected chi connectivity index (χ1v) is 9.73. The number of amides is 2. The average Bonchev–Trinajstić information content (AvgIpc) is 3.20. The Morgan fingerprint density at radius 1 is 1.10 bits per heavy atom. The van der Waals surface area contributed by atoms with Crippen molar-refractivity contribution in [3.05, 3.63) is 82.6 Å². The number of carbonyl (C=O) groups excluding carboxylic acids is 2. The van der Waals surface area contributed by atoms with Gasteiger partial charge in [-0.3, -0.25) is 19.8 Å². The van der Waals surface area contributed by atoms with Gasteiger partial charge in [0.05, 0.1) is 11.3 Å². The van der Waals surface area contributed by atoms with Crippen LogP contribution in [0.5, 0.6) is 0 Å². The molecular formula is C22H13ClN2O5S. The second-order valence-corrected chi connectivity index (χ2v) is 7.35. The summed E-state index contributed by atoms with van der Waals surface area (Å²) in [5, 5.41) is 12.0. The highest BCUT2D eigenvalue weighted by Crippen LogP contribution is 2.27. The highest BCUT2D eigenvalue weighted by atomic mass is 35.5. The first-order valence-electron chi connectivity index (χ1n) is 8.94. The fourth-order valence-corrected chi connectivity index (χ4v) is 3.51. The molecule has 1 aliphatic heterocycles. The normalized spacial score (nSPS) is 15.3. The SMILES string of the molecule is O=C1NC(=S)N(c2cccc(C(=O)O)c2)C(=O)C1=Cc1ccc(-c2cccc(Cl)c2)o1. The van der Waals surface area contributed by atoms with Crippen molar-refractivity contribution in [3.63, 3.8) is 0 Å². The van der Waals surface area contributed by atoms with E-state index in [-0.39, 0.29) is 27.7 Å². The summed E-state index contributed by atoms with van der Waals surface area (Å²) >= 11 is 11.1. The van der Waals surface area contributed by atoms with Gasteiger partial charge in [0.2, 0.25) is 0 Å². The molecule has 2 heterocycles. The van der Waals surface area contributed by atoms with Crippen LogP contribution in [0.15, 0.2) is 70.7 Å². The van der Waals surface area contributed by atoms with Crippen LogP contribution in [0.2, 0.25) is 5.02 Å². The van der Waals surface area contributed by atoms with Crippen molar-refractivity contribution in [3.8, 4) is 11.3 Å². The van der Waals surface area contributed by atoms with E-state index in [4.69, 9.17) is 28.2 Å². The molecule has 0 bridgehead atoms. The molecule has 2 aromatic carbocycles. The minimum absolute atomic E-state index is 0.0206. The molecule has 154 valence electrons. The van der Waals surface area contributed by atoms with Gasteiger partial charge in [0.15, 0.2) is 5.11 Å². The van der Waals surface area contributed by atoms with Gasteiger partial charge in [-0.05, 0) is 60.8 Å². The molecule has 0 saturated carbocycles. The molecule has 1 saturated heterocycles. The van der Waals surface area contributed by atoms with Gasteiger partial charge >= 0.3 is 5.97 Å². The number of rotatable bonds is 4. The number of carboxylic acid groups (broad SMARTS) is 1. The predicted octanol–water partition coefficient (Wildman–Crippen LogP) is 4.13. The lowest BCUT2D eigenvalue weighted by atomic mass is 10.1. The largest absolute Gasteiger partial charge is 0.478 e. The van der Waals surface area contributed by atoms with E-state index >= 15 is 0 Å². The summed E-state index contributed by atoms with van der Waals surface area (Å²) in [6.07, 6.45) is 1.31. The van der Waals surface area contributed by atoms with Gasteiger partial charge in [0, 0.05) is 10.6 Å². The molecule has 1 fully saturated rings. The average molecular weight is 453 g/mol. The summed E-state index contributed by atoms with van der Waals surface area (Å²) in [6, 6.07) is 16.1. The van der Waals surface area contributed by atoms with Crippen molar-refractivity contribution in [2.45, 2.75) is 0 Å². The van der Waals surface area contributed by atoms with Crippen LogP contribution < -0.4 is 10.2 Å². The molecule has 1 aliphatic rings. The molecule has 31 heavy (non-hydrogen) atoms. The molecule has 4 rings (SSSR count). The number of anilines is 1. The third-order valence-electron chi connectivity index (χ3n) is 4.48. The third kappa shape index (κ3) is 4.11. The molecule has 2 N–H and O–H groups in total. The van der Waals surface area contributed by atoms with E-state index in [9.17, 15) is 19.5 Å². The summed E-state index contributed by atoms with van der Waals surface area (Å²) in [5.41, 5.74) is 0.735. The summed E-state index contributed by atoms with van der Waals surface area (Å²) in [4.78, 5) is 37.8. The summed E-state index contributed by atoms with van der Waals surface area (Å²) < 4.78 is 5.75. The number of carbonyl (C=O) groups is 3. The van der Waals surface area contributed by atoms with E-state index in [1.807, 2.05) is 6.07 Å². The molecule has 1 aromatic heterocycles. The van der Waals surface area contributed by atoms with Crippen LogP contribution in [-0.2, 0) is 9.59 Å².